The summed E-state index contributed by atoms with van der Waals surface area (Å²) < 4.78 is 5.41. The van der Waals surface area contributed by atoms with Crippen LogP contribution in [0.1, 0.15) is 28.8 Å². The zero-order valence-corrected chi connectivity index (χ0v) is 25.6. The average molecular weight is 632 g/mol. The molecule has 1 saturated heterocycles. The van der Waals surface area contributed by atoms with E-state index in [9.17, 15) is 24.0 Å². The Morgan fingerprint density at radius 2 is 1.34 bits per heavy atom. The monoisotopic (exact) mass is 631 g/mol. The molecule has 0 unspecified atom stereocenters. The number of carbonyl (C=O) groups excluding carboxylic acids is 5. The van der Waals surface area contributed by atoms with Crippen LogP contribution in [-0.4, -0.2) is 65.8 Å². The molecule has 0 radical (unpaired) electrons. The molecule has 0 bridgehead atoms. The number of amides is 6. The third kappa shape index (κ3) is 6.99. The third-order valence-corrected chi connectivity index (χ3v) is 7.96. The highest BCUT2D eigenvalue weighted by molar-refractivity contribution is 6.18. The number of urea groups is 2. The Labute approximate surface area is 271 Å². The van der Waals surface area contributed by atoms with Gasteiger partial charge in [0.15, 0.2) is 0 Å². The molecule has 238 valence electrons. The van der Waals surface area contributed by atoms with Crippen LogP contribution in [0.2, 0.25) is 0 Å². The summed E-state index contributed by atoms with van der Waals surface area (Å²) in [6.45, 7) is 0.348. The number of carbonyl (C=O) groups is 5. The first-order valence-electron chi connectivity index (χ1n) is 15.3. The lowest BCUT2D eigenvalue weighted by Gasteiger charge is -2.27. The molecule has 4 aromatic rings. The first kappa shape index (κ1) is 31.0. The first-order valence-corrected chi connectivity index (χ1v) is 15.3. The van der Waals surface area contributed by atoms with Crippen LogP contribution in [0.15, 0.2) is 109 Å². The Hall–Kier alpha value is -5.97. The van der Waals surface area contributed by atoms with E-state index in [1.54, 1.807) is 77.7 Å². The SMILES string of the molecule is O=C(CN1C(=O)N(CC(=O)N2CCCC2)c2ccccc2N(c2ccccc2)C1=O)Nc1cccc(C(=O)OCc2ccccc2)c1. The first-order chi connectivity index (χ1) is 22.9. The number of rotatable bonds is 9. The molecule has 11 nitrogen and oxygen atoms in total. The predicted octanol–water partition coefficient (Wildman–Crippen LogP) is 5.80. The molecule has 0 aromatic heterocycles. The number of fused-ring (bicyclic) bond motifs is 1. The number of nitrogens with zero attached hydrogens (tertiary/aromatic N) is 4. The quantitative estimate of drug-likeness (QED) is 0.233. The number of hydrogen-bond donors (Lipinski definition) is 1. The smallest absolute Gasteiger partial charge is 0.338 e. The van der Waals surface area contributed by atoms with Crippen LogP contribution in [-0.2, 0) is 20.9 Å². The van der Waals surface area contributed by atoms with Crippen molar-refractivity contribution in [2.75, 3.05) is 41.3 Å². The lowest BCUT2D eigenvalue weighted by Crippen LogP contribution is -2.52. The number of esters is 1. The fourth-order valence-corrected chi connectivity index (χ4v) is 5.63. The molecule has 2 heterocycles. The maximum atomic E-state index is 14.2. The highest BCUT2D eigenvalue weighted by atomic mass is 16.5. The van der Waals surface area contributed by atoms with Gasteiger partial charge in [0.1, 0.15) is 19.7 Å². The van der Waals surface area contributed by atoms with Crippen molar-refractivity contribution in [3.05, 3.63) is 120 Å². The van der Waals surface area contributed by atoms with Crippen molar-refractivity contribution in [1.82, 2.24) is 9.80 Å². The number of benzene rings is 4. The van der Waals surface area contributed by atoms with E-state index < -0.39 is 30.5 Å². The second-order valence-corrected chi connectivity index (χ2v) is 11.2. The molecule has 1 N–H and O–H groups in total. The van der Waals surface area contributed by atoms with Crippen molar-refractivity contribution < 1.29 is 28.7 Å². The molecular formula is C36H33N5O6. The Balaban J connectivity index is 1.25. The van der Waals surface area contributed by atoms with Crippen LogP contribution in [0.4, 0.5) is 32.3 Å². The fourth-order valence-electron chi connectivity index (χ4n) is 5.63. The van der Waals surface area contributed by atoms with Gasteiger partial charge in [0.2, 0.25) is 11.8 Å². The largest absolute Gasteiger partial charge is 0.457 e. The van der Waals surface area contributed by atoms with E-state index in [-0.39, 0.29) is 30.3 Å². The van der Waals surface area contributed by atoms with Crippen molar-refractivity contribution >= 4 is 52.6 Å². The maximum absolute atomic E-state index is 14.2. The summed E-state index contributed by atoms with van der Waals surface area (Å²) in [4.78, 5) is 73.0. The Morgan fingerprint density at radius 1 is 0.681 bits per heavy atom. The van der Waals surface area contributed by atoms with E-state index in [1.165, 1.54) is 15.9 Å². The molecule has 11 heteroatoms. The third-order valence-electron chi connectivity index (χ3n) is 7.96. The van der Waals surface area contributed by atoms with Gasteiger partial charge in [-0.3, -0.25) is 19.4 Å². The molecular weight excluding hydrogens is 598 g/mol. The molecule has 0 aliphatic carbocycles. The second-order valence-electron chi connectivity index (χ2n) is 11.2. The minimum absolute atomic E-state index is 0.0898. The van der Waals surface area contributed by atoms with Gasteiger partial charge < -0.3 is 15.0 Å². The molecule has 6 amide bonds. The van der Waals surface area contributed by atoms with E-state index >= 15 is 0 Å². The zero-order chi connectivity index (χ0) is 32.8. The lowest BCUT2D eigenvalue weighted by molar-refractivity contribution is -0.128. The van der Waals surface area contributed by atoms with Crippen molar-refractivity contribution in [3.63, 3.8) is 0 Å². The number of anilines is 4. The lowest BCUT2D eigenvalue weighted by atomic mass is 10.2. The van der Waals surface area contributed by atoms with Gasteiger partial charge >= 0.3 is 18.0 Å². The van der Waals surface area contributed by atoms with Crippen LogP contribution in [0.25, 0.3) is 0 Å². The van der Waals surface area contributed by atoms with Crippen LogP contribution in [0.3, 0.4) is 0 Å². The van der Waals surface area contributed by atoms with E-state index in [4.69, 9.17) is 4.74 Å². The number of hydrogen-bond acceptors (Lipinski definition) is 6. The van der Waals surface area contributed by atoms with Crippen molar-refractivity contribution in [3.8, 4) is 0 Å². The molecule has 2 aliphatic heterocycles. The fraction of sp³-hybridized carbons (Fsp3) is 0.194. The number of nitrogens with one attached hydrogen (secondary N) is 1. The summed E-state index contributed by atoms with van der Waals surface area (Å²) >= 11 is 0. The molecule has 0 atom stereocenters. The van der Waals surface area contributed by atoms with E-state index in [1.807, 2.05) is 30.3 Å². The summed E-state index contributed by atoms with van der Waals surface area (Å²) in [5.41, 5.74) is 2.58. The van der Waals surface area contributed by atoms with Gasteiger partial charge in [-0.15, -0.1) is 0 Å². The summed E-state index contributed by atoms with van der Waals surface area (Å²) in [6.07, 6.45) is 1.77. The zero-order valence-electron chi connectivity index (χ0n) is 25.6. The van der Waals surface area contributed by atoms with E-state index in [0.29, 0.717) is 30.2 Å². The van der Waals surface area contributed by atoms with Crippen LogP contribution in [0.5, 0.6) is 0 Å². The van der Waals surface area contributed by atoms with Gasteiger partial charge in [0.25, 0.3) is 0 Å². The van der Waals surface area contributed by atoms with Crippen LogP contribution < -0.4 is 15.1 Å². The van der Waals surface area contributed by atoms with Crippen LogP contribution >= 0.6 is 0 Å². The summed E-state index contributed by atoms with van der Waals surface area (Å²) in [7, 11) is 0. The molecule has 47 heavy (non-hydrogen) atoms. The molecule has 0 saturated carbocycles. The maximum Gasteiger partial charge on any atom is 0.338 e. The summed E-state index contributed by atoms with van der Waals surface area (Å²) in [6, 6.07) is 29.6. The van der Waals surface area contributed by atoms with Gasteiger partial charge in [-0.1, -0.05) is 66.7 Å². The Bertz CT molecular complexity index is 1790. The van der Waals surface area contributed by atoms with Gasteiger partial charge in [-0.2, -0.15) is 0 Å². The van der Waals surface area contributed by atoms with E-state index in [2.05, 4.69) is 5.32 Å². The molecule has 2 aliphatic rings. The van der Waals surface area contributed by atoms with Gasteiger partial charge in [-0.25, -0.2) is 19.3 Å². The highest BCUT2D eigenvalue weighted by Crippen LogP contribution is 2.38. The number of ether oxygens (including phenoxy) is 1. The topological polar surface area (TPSA) is 120 Å². The Kier molecular flexibility index (Phi) is 9.23. The van der Waals surface area contributed by atoms with Gasteiger partial charge in [0, 0.05) is 18.8 Å². The van der Waals surface area contributed by atoms with E-state index in [0.717, 1.165) is 23.3 Å². The van der Waals surface area contributed by atoms with Crippen LogP contribution in [0, 0.1) is 0 Å². The summed E-state index contributed by atoms with van der Waals surface area (Å²) in [5, 5.41) is 2.69. The second kappa shape index (κ2) is 14.0. The highest BCUT2D eigenvalue weighted by Gasteiger charge is 2.40. The number of likely N-dealkylation sites (tertiary alicyclic amines) is 1. The molecule has 6 rings (SSSR count). The van der Waals surface area contributed by atoms with Gasteiger partial charge in [0.05, 0.1) is 22.6 Å². The predicted molar refractivity (Wildman–Crippen MR) is 176 cm³/mol. The minimum Gasteiger partial charge on any atom is -0.457 e. The standard InChI is InChI=1S/C36H33N5O6/c42-32(37-28-15-11-14-27(22-28)34(44)47-25-26-12-3-1-4-13-26)23-40-35(45)39(24-33(43)38-20-9-10-21-38)30-18-7-8-19-31(30)41(36(40)46)29-16-5-2-6-17-29/h1-8,11-19,22H,9-10,20-21,23-25H2,(H,37,42). The van der Waals surface area contributed by atoms with Crippen molar-refractivity contribution in [2.45, 2.75) is 19.4 Å². The van der Waals surface area contributed by atoms with Gasteiger partial charge in [-0.05, 0) is 60.9 Å². The minimum atomic E-state index is -0.804. The van der Waals surface area contributed by atoms with Crippen molar-refractivity contribution in [1.29, 1.82) is 0 Å². The van der Waals surface area contributed by atoms with Crippen molar-refractivity contribution in [2.24, 2.45) is 0 Å². The number of para-hydroxylation sites is 3. The molecule has 4 aromatic carbocycles. The number of imide groups is 1. The molecule has 1 fully saturated rings. The molecule has 0 spiro atoms. The Morgan fingerprint density at radius 3 is 2.06 bits per heavy atom. The normalized spacial score (nSPS) is 14.5. The summed E-state index contributed by atoms with van der Waals surface area (Å²) in [5.74, 6) is -1.49. The average Bonchev–Trinajstić information content (AvgIpc) is 3.63.